The van der Waals surface area contributed by atoms with Crippen LogP contribution >= 0.6 is 0 Å². The zero-order valence-electron chi connectivity index (χ0n) is 15.9. The zero-order valence-corrected chi connectivity index (χ0v) is 15.9. The third-order valence-electron chi connectivity index (χ3n) is 5.33. The molecule has 0 aliphatic rings. The number of rotatable bonds is 2. The van der Waals surface area contributed by atoms with E-state index in [4.69, 9.17) is 9.40 Å². The third kappa shape index (κ3) is 2.23. The summed E-state index contributed by atoms with van der Waals surface area (Å²) in [6.07, 6.45) is 1.85. The second-order valence-electron chi connectivity index (χ2n) is 7.45. The Morgan fingerprint density at radius 3 is 2.67 bits per heavy atom. The van der Waals surface area contributed by atoms with Crippen LogP contribution < -0.4 is 0 Å². The van der Waals surface area contributed by atoms with Gasteiger partial charge >= 0.3 is 0 Å². The van der Waals surface area contributed by atoms with Crippen molar-refractivity contribution in [2.24, 2.45) is 7.05 Å². The van der Waals surface area contributed by atoms with Gasteiger partial charge in [-0.1, -0.05) is 38.1 Å². The summed E-state index contributed by atoms with van der Waals surface area (Å²) in [5.41, 5.74) is 7.16. The molecule has 0 N–H and O–H groups in total. The molecule has 0 saturated carbocycles. The molecule has 0 unspecified atom stereocenters. The molecule has 5 aromatic rings. The number of para-hydroxylation sites is 1. The van der Waals surface area contributed by atoms with Crippen molar-refractivity contribution in [3.05, 3.63) is 59.9 Å². The summed E-state index contributed by atoms with van der Waals surface area (Å²) in [7, 11) is 2.06. The van der Waals surface area contributed by atoms with E-state index >= 15 is 0 Å². The van der Waals surface area contributed by atoms with E-state index in [1.165, 1.54) is 5.56 Å². The highest BCUT2D eigenvalue weighted by atomic mass is 16.3. The van der Waals surface area contributed by atoms with Gasteiger partial charge in [0, 0.05) is 24.0 Å². The minimum absolute atomic E-state index is 0.334. The van der Waals surface area contributed by atoms with E-state index in [0.717, 1.165) is 50.1 Å². The van der Waals surface area contributed by atoms with Crippen LogP contribution in [0.25, 0.3) is 44.4 Å². The molecule has 4 heteroatoms. The van der Waals surface area contributed by atoms with E-state index in [1.807, 2.05) is 24.4 Å². The third-order valence-corrected chi connectivity index (χ3v) is 5.33. The van der Waals surface area contributed by atoms with Crippen molar-refractivity contribution in [1.82, 2.24) is 14.5 Å². The number of hydrogen-bond acceptors (Lipinski definition) is 3. The van der Waals surface area contributed by atoms with Gasteiger partial charge in [-0.05, 0) is 36.6 Å². The molecule has 27 heavy (non-hydrogen) atoms. The van der Waals surface area contributed by atoms with Gasteiger partial charge in [0.15, 0.2) is 0 Å². The van der Waals surface area contributed by atoms with Gasteiger partial charge in [-0.2, -0.15) is 0 Å². The molecule has 3 aromatic heterocycles. The Labute approximate surface area is 157 Å². The minimum Gasteiger partial charge on any atom is -0.455 e. The van der Waals surface area contributed by atoms with Crippen LogP contribution in [0.2, 0.25) is 0 Å². The van der Waals surface area contributed by atoms with Gasteiger partial charge in [0.25, 0.3) is 0 Å². The lowest BCUT2D eigenvalue weighted by Crippen LogP contribution is -1.99. The first-order valence-corrected chi connectivity index (χ1v) is 9.29. The number of imidazole rings is 1. The van der Waals surface area contributed by atoms with Gasteiger partial charge in [-0.15, -0.1) is 0 Å². The van der Waals surface area contributed by atoms with Crippen molar-refractivity contribution in [3.8, 4) is 11.4 Å². The summed E-state index contributed by atoms with van der Waals surface area (Å²) >= 11 is 0. The summed E-state index contributed by atoms with van der Waals surface area (Å²) in [5.74, 6) is 1.24. The van der Waals surface area contributed by atoms with E-state index in [-0.39, 0.29) is 0 Å². The van der Waals surface area contributed by atoms with Crippen molar-refractivity contribution in [3.63, 3.8) is 0 Å². The van der Waals surface area contributed by atoms with Crippen LogP contribution in [0.3, 0.4) is 0 Å². The molecule has 0 saturated heterocycles. The molecule has 5 rings (SSSR count). The Bertz CT molecular complexity index is 1320. The Morgan fingerprint density at radius 2 is 1.85 bits per heavy atom. The van der Waals surface area contributed by atoms with Gasteiger partial charge in [0.05, 0.1) is 22.3 Å². The Hall–Kier alpha value is -3.14. The average Bonchev–Trinajstić information content (AvgIpc) is 3.21. The number of fused-ring (bicyclic) bond motifs is 4. The van der Waals surface area contributed by atoms with Crippen molar-refractivity contribution < 1.29 is 4.42 Å². The molecule has 3 heterocycles. The maximum Gasteiger partial charge on any atom is 0.146 e. The molecule has 0 spiro atoms. The number of pyridine rings is 1. The summed E-state index contributed by atoms with van der Waals surface area (Å²) in [6, 6.07) is 14.5. The second-order valence-corrected chi connectivity index (χ2v) is 7.45. The van der Waals surface area contributed by atoms with Crippen molar-refractivity contribution in [2.75, 3.05) is 0 Å². The molecule has 0 radical (unpaired) electrons. The van der Waals surface area contributed by atoms with E-state index in [9.17, 15) is 0 Å². The minimum atomic E-state index is 0.334. The standard InChI is InChI=1S/C23H21N3O/c1-13(2)20-21-17(11-12-24-20)25-23(26(21)4)16-10-9-14(3)19-15-7-5-6-8-18(15)27-22(16)19/h5-13H,1-4H3. The van der Waals surface area contributed by atoms with Gasteiger partial charge in [-0.3, -0.25) is 4.98 Å². The van der Waals surface area contributed by atoms with Crippen molar-refractivity contribution >= 4 is 33.0 Å². The number of aryl methyl sites for hydroxylation is 2. The lowest BCUT2D eigenvalue weighted by atomic mass is 10.0. The highest BCUT2D eigenvalue weighted by Gasteiger charge is 2.20. The summed E-state index contributed by atoms with van der Waals surface area (Å²) < 4.78 is 8.43. The molecule has 0 fully saturated rings. The summed E-state index contributed by atoms with van der Waals surface area (Å²) in [5, 5.41) is 2.31. The van der Waals surface area contributed by atoms with E-state index in [2.05, 4.69) is 61.6 Å². The Morgan fingerprint density at radius 1 is 1.04 bits per heavy atom. The van der Waals surface area contributed by atoms with Crippen molar-refractivity contribution in [2.45, 2.75) is 26.7 Å². The number of hydrogen-bond donors (Lipinski definition) is 0. The van der Waals surface area contributed by atoms with Gasteiger partial charge in [0.2, 0.25) is 0 Å². The fourth-order valence-electron chi connectivity index (χ4n) is 4.02. The normalized spacial score (nSPS) is 12.0. The van der Waals surface area contributed by atoms with Crippen LogP contribution in [0.5, 0.6) is 0 Å². The lowest BCUT2D eigenvalue weighted by Gasteiger charge is -2.09. The fourth-order valence-corrected chi connectivity index (χ4v) is 4.02. The molecule has 0 bridgehead atoms. The van der Waals surface area contributed by atoms with Gasteiger partial charge < -0.3 is 8.98 Å². The number of aromatic nitrogens is 3. The quantitative estimate of drug-likeness (QED) is 0.392. The Kier molecular flexibility index (Phi) is 3.38. The highest BCUT2D eigenvalue weighted by molar-refractivity contribution is 6.11. The molecule has 4 nitrogen and oxygen atoms in total. The summed E-state index contributed by atoms with van der Waals surface area (Å²) in [4.78, 5) is 9.54. The monoisotopic (exact) mass is 355 g/mol. The van der Waals surface area contributed by atoms with Crippen LogP contribution in [0.4, 0.5) is 0 Å². The molecule has 0 atom stereocenters. The Balaban J connectivity index is 1.88. The number of benzene rings is 2. The maximum absolute atomic E-state index is 6.28. The van der Waals surface area contributed by atoms with Gasteiger partial charge in [0.1, 0.15) is 17.0 Å². The van der Waals surface area contributed by atoms with Crippen LogP contribution in [-0.2, 0) is 7.05 Å². The topological polar surface area (TPSA) is 43.9 Å². The van der Waals surface area contributed by atoms with E-state index in [1.54, 1.807) is 0 Å². The lowest BCUT2D eigenvalue weighted by molar-refractivity contribution is 0.669. The molecule has 0 amide bonds. The van der Waals surface area contributed by atoms with E-state index < -0.39 is 0 Å². The molecule has 2 aromatic carbocycles. The number of furan rings is 1. The first kappa shape index (κ1) is 16.1. The smallest absolute Gasteiger partial charge is 0.146 e. The maximum atomic E-state index is 6.28. The fraction of sp³-hybridized carbons (Fsp3) is 0.217. The predicted molar refractivity (Wildman–Crippen MR) is 110 cm³/mol. The van der Waals surface area contributed by atoms with Crippen LogP contribution in [0.15, 0.2) is 53.1 Å². The first-order chi connectivity index (χ1) is 13.1. The first-order valence-electron chi connectivity index (χ1n) is 9.29. The second kappa shape index (κ2) is 5.68. The molecule has 134 valence electrons. The molecule has 0 aliphatic heterocycles. The van der Waals surface area contributed by atoms with E-state index in [0.29, 0.717) is 5.92 Å². The SMILES string of the molecule is Cc1ccc(-c2nc3ccnc(C(C)C)c3n2C)c2oc3ccccc3c12. The zero-order chi connectivity index (χ0) is 18.7. The largest absolute Gasteiger partial charge is 0.455 e. The molecule has 0 aliphatic carbocycles. The highest BCUT2D eigenvalue weighted by Crippen LogP contribution is 2.38. The summed E-state index contributed by atoms with van der Waals surface area (Å²) in [6.45, 7) is 6.46. The van der Waals surface area contributed by atoms with Gasteiger partial charge in [-0.25, -0.2) is 4.98 Å². The van der Waals surface area contributed by atoms with Crippen LogP contribution in [-0.4, -0.2) is 14.5 Å². The predicted octanol–water partition coefficient (Wildman–Crippen LogP) is 5.97. The van der Waals surface area contributed by atoms with Crippen LogP contribution in [0.1, 0.15) is 31.0 Å². The van der Waals surface area contributed by atoms with Crippen LogP contribution in [0, 0.1) is 6.92 Å². The molecular weight excluding hydrogens is 334 g/mol. The molecular formula is C23H21N3O. The number of nitrogens with zero attached hydrogens (tertiary/aromatic N) is 3. The van der Waals surface area contributed by atoms with Crippen molar-refractivity contribution in [1.29, 1.82) is 0 Å². The average molecular weight is 355 g/mol.